The summed E-state index contributed by atoms with van der Waals surface area (Å²) in [5.74, 6) is 1.38. The second kappa shape index (κ2) is 4.49. The maximum Gasteiger partial charge on any atom is 0.225 e. The van der Waals surface area contributed by atoms with E-state index in [4.69, 9.17) is 5.11 Å². The van der Waals surface area contributed by atoms with Gasteiger partial charge in [0, 0.05) is 13.1 Å². The Morgan fingerprint density at radius 1 is 1.33 bits per heavy atom. The number of hydrogen-bond acceptors (Lipinski definition) is 3. The van der Waals surface area contributed by atoms with Crippen LogP contribution in [0.2, 0.25) is 0 Å². The van der Waals surface area contributed by atoms with Crippen LogP contribution in [0.1, 0.15) is 25.7 Å². The molecule has 3 atom stereocenters. The molecule has 15 heavy (non-hydrogen) atoms. The van der Waals surface area contributed by atoms with Gasteiger partial charge in [-0.2, -0.15) is 0 Å². The minimum Gasteiger partial charge on any atom is -0.394 e. The number of carbonyl (C=O) groups excluding carboxylic acids is 1. The molecule has 3 unspecified atom stereocenters. The van der Waals surface area contributed by atoms with Crippen LogP contribution in [-0.4, -0.2) is 46.8 Å². The minimum atomic E-state index is -0.891. The smallest absolute Gasteiger partial charge is 0.225 e. The van der Waals surface area contributed by atoms with Crippen LogP contribution in [0.3, 0.4) is 0 Å². The average Bonchev–Trinajstić information content (AvgIpc) is 2.76. The van der Waals surface area contributed by atoms with Gasteiger partial charge >= 0.3 is 0 Å². The molecule has 1 saturated carbocycles. The predicted octanol–water partition coefficient (Wildman–Crippen LogP) is -0.0118. The summed E-state index contributed by atoms with van der Waals surface area (Å²) in [6.45, 7) is 1.40. The second-order valence-electron chi connectivity index (χ2n) is 4.79. The molecule has 1 amide bonds. The molecule has 2 aliphatic rings. The van der Waals surface area contributed by atoms with Crippen LogP contribution in [0.15, 0.2) is 0 Å². The van der Waals surface area contributed by atoms with E-state index in [1.807, 2.05) is 4.90 Å². The van der Waals surface area contributed by atoms with Crippen LogP contribution < -0.4 is 0 Å². The quantitative estimate of drug-likeness (QED) is 0.693. The molecule has 4 nitrogen and oxygen atoms in total. The van der Waals surface area contributed by atoms with Crippen LogP contribution in [0.5, 0.6) is 0 Å². The van der Waals surface area contributed by atoms with Gasteiger partial charge in [-0.25, -0.2) is 0 Å². The first-order valence-electron chi connectivity index (χ1n) is 5.77. The number of aliphatic hydroxyl groups excluding tert-OH is 2. The number of amides is 1. The lowest BCUT2D eigenvalue weighted by molar-refractivity contribution is -0.133. The largest absolute Gasteiger partial charge is 0.394 e. The maximum atomic E-state index is 11.7. The molecular formula is C11H19NO3. The van der Waals surface area contributed by atoms with Gasteiger partial charge in [0.25, 0.3) is 0 Å². The fraction of sp³-hybridized carbons (Fsp3) is 0.909. The molecule has 0 spiro atoms. The number of carbonyl (C=O) groups is 1. The van der Waals surface area contributed by atoms with Gasteiger partial charge in [-0.3, -0.25) is 4.79 Å². The van der Waals surface area contributed by atoms with Crippen molar-refractivity contribution in [3.05, 3.63) is 0 Å². The summed E-state index contributed by atoms with van der Waals surface area (Å²) in [7, 11) is 0. The summed E-state index contributed by atoms with van der Waals surface area (Å²) < 4.78 is 0. The monoisotopic (exact) mass is 213 g/mol. The summed E-state index contributed by atoms with van der Waals surface area (Å²) in [6, 6.07) is 0. The third kappa shape index (κ3) is 2.32. The van der Waals surface area contributed by atoms with Crippen molar-refractivity contribution in [1.29, 1.82) is 0 Å². The first-order chi connectivity index (χ1) is 7.20. The summed E-state index contributed by atoms with van der Waals surface area (Å²) >= 11 is 0. The van der Waals surface area contributed by atoms with Crippen LogP contribution >= 0.6 is 0 Å². The van der Waals surface area contributed by atoms with Crippen LogP contribution in [-0.2, 0) is 4.79 Å². The lowest BCUT2D eigenvalue weighted by Gasteiger charge is -2.18. The molecular weight excluding hydrogens is 194 g/mol. The van der Waals surface area contributed by atoms with Gasteiger partial charge in [0.05, 0.1) is 19.1 Å². The van der Waals surface area contributed by atoms with Crippen molar-refractivity contribution >= 4 is 5.91 Å². The van der Waals surface area contributed by atoms with Crippen LogP contribution in [0.4, 0.5) is 0 Å². The van der Waals surface area contributed by atoms with E-state index >= 15 is 0 Å². The highest BCUT2D eigenvalue weighted by Crippen LogP contribution is 2.37. The number of nitrogens with zero attached hydrogens (tertiary/aromatic N) is 1. The lowest BCUT2D eigenvalue weighted by atomic mass is 10.0. The van der Waals surface area contributed by atoms with E-state index in [1.54, 1.807) is 0 Å². The van der Waals surface area contributed by atoms with Crippen molar-refractivity contribution in [1.82, 2.24) is 4.90 Å². The molecule has 86 valence electrons. The summed E-state index contributed by atoms with van der Waals surface area (Å²) in [6.07, 6.45) is 2.97. The van der Waals surface area contributed by atoms with Gasteiger partial charge in [-0.05, 0) is 24.7 Å². The highest BCUT2D eigenvalue weighted by Gasteiger charge is 2.37. The van der Waals surface area contributed by atoms with Crippen molar-refractivity contribution in [3.8, 4) is 0 Å². The zero-order valence-electron chi connectivity index (χ0n) is 8.93. The highest BCUT2D eigenvalue weighted by atomic mass is 16.3. The Morgan fingerprint density at radius 2 is 1.93 bits per heavy atom. The third-order valence-corrected chi connectivity index (χ3v) is 3.70. The number of fused-ring (bicyclic) bond motifs is 1. The predicted molar refractivity (Wildman–Crippen MR) is 55.1 cm³/mol. The van der Waals surface area contributed by atoms with Crippen molar-refractivity contribution in [2.45, 2.75) is 31.8 Å². The molecule has 1 saturated heterocycles. The van der Waals surface area contributed by atoms with E-state index in [1.165, 1.54) is 19.3 Å². The average molecular weight is 213 g/mol. The van der Waals surface area contributed by atoms with Crippen molar-refractivity contribution < 1.29 is 15.0 Å². The van der Waals surface area contributed by atoms with Crippen molar-refractivity contribution in [2.75, 3.05) is 19.7 Å². The Kier molecular flexibility index (Phi) is 3.26. The Balaban J connectivity index is 1.83. The van der Waals surface area contributed by atoms with Gasteiger partial charge < -0.3 is 15.1 Å². The van der Waals surface area contributed by atoms with Gasteiger partial charge in [0.2, 0.25) is 5.91 Å². The van der Waals surface area contributed by atoms with E-state index in [9.17, 15) is 9.90 Å². The molecule has 0 aromatic heterocycles. The summed E-state index contributed by atoms with van der Waals surface area (Å²) in [4.78, 5) is 13.6. The molecule has 2 fully saturated rings. The molecule has 1 aliphatic carbocycles. The second-order valence-corrected chi connectivity index (χ2v) is 4.79. The molecule has 1 aliphatic heterocycles. The SMILES string of the molecule is O=C(CC(O)CO)N1CC2CCCC2C1. The van der Waals surface area contributed by atoms with Crippen molar-refractivity contribution in [3.63, 3.8) is 0 Å². The highest BCUT2D eigenvalue weighted by molar-refractivity contribution is 5.77. The lowest BCUT2D eigenvalue weighted by Crippen LogP contribution is -2.33. The molecule has 4 heteroatoms. The number of rotatable bonds is 3. The van der Waals surface area contributed by atoms with E-state index < -0.39 is 6.10 Å². The topological polar surface area (TPSA) is 60.8 Å². The number of likely N-dealkylation sites (tertiary alicyclic amines) is 1. The van der Waals surface area contributed by atoms with Crippen LogP contribution in [0.25, 0.3) is 0 Å². The molecule has 0 radical (unpaired) electrons. The fourth-order valence-electron chi connectivity index (χ4n) is 2.83. The Morgan fingerprint density at radius 3 is 2.47 bits per heavy atom. The van der Waals surface area contributed by atoms with Gasteiger partial charge in [-0.1, -0.05) is 6.42 Å². The zero-order valence-corrected chi connectivity index (χ0v) is 8.93. The molecule has 0 aromatic rings. The third-order valence-electron chi connectivity index (χ3n) is 3.70. The van der Waals surface area contributed by atoms with E-state index in [0.29, 0.717) is 11.8 Å². The fourth-order valence-corrected chi connectivity index (χ4v) is 2.83. The Bertz CT molecular complexity index is 232. The number of aliphatic hydroxyl groups is 2. The first kappa shape index (κ1) is 10.9. The Labute approximate surface area is 89.9 Å². The minimum absolute atomic E-state index is 0.00838. The Hall–Kier alpha value is -0.610. The molecule has 2 N–H and O–H groups in total. The van der Waals surface area contributed by atoms with E-state index in [-0.39, 0.29) is 18.9 Å². The van der Waals surface area contributed by atoms with E-state index in [2.05, 4.69) is 0 Å². The van der Waals surface area contributed by atoms with Crippen LogP contribution in [0, 0.1) is 11.8 Å². The van der Waals surface area contributed by atoms with Gasteiger partial charge in [0.15, 0.2) is 0 Å². The molecule has 0 bridgehead atoms. The normalized spacial score (nSPS) is 31.7. The molecule has 2 rings (SSSR count). The molecule has 1 heterocycles. The van der Waals surface area contributed by atoms with Gasteiger partial charge in [0.1, 0.15) is 0 Å². The van der Waals surface area contributed by atoms with Crippen molar-refractivity contribution in [2.24, 2.45) is 11.8 Å². The van der Waals surface area contributed by atoms with E-state index in [0.717, 1.165) is 13.1 Å². The molecule has 0 aromatic carbocycles. The maximum absolute atomic E-state index is 11.7. The number of hydrogen-bond donors (Lipinski definition) is 2. The zero-order chi connectivity index (χ0) is 10.8. The summed E-state index contributed by atoms with van der Waals surface area (Å²) in [5, 5.41) is 17.9. The standard InChI is InChI=1S/C11H19NO3/c13-7-10(14)4-11(15)12-5-8-2-1-3-9(8)6-12/h8-10,13-14H,1-7H2. The first-order valence-corrected chi connectivity index (χ1v) is 5.77. The summed E-state index contributed by atoms with van der Waals surface area (Å²) in [5.41, 5.74) is 0. The van der Waals surface area contributed by atoms with Gasteiger partial charge in [-0.15, -0.1) is 0 Å².